The number of nitrogens with two attached hydrogens (primary N) is 1. The zero-order valence-corrected chi connectivity index (χ0v) is 8.26. The van der Waals surface area contributed by atoms with Crippen LogP contribution in [0.5, 0.6) is 0 Å². The van der Waals surface area contributed by atoms with Gasteiger partial charge < -0.3 is 10.8 Å². The standard InChI is InChI=1S/C10H11F4NO/c11-8-4-6(9(16)1-2-15)3-7(5-8)10(12,13)14/h3-5,9,16H,1-2,15H2. The van der Waals surface area contributed by atoms with E-state index in [1.165, 1.54) is 0 Å². The molecule has 6 heteroatoms. The molecule has 1 aromatic carbocycles. The fourth-order valence-electron chi connectivity index (χ4n) is 1.29. The van der Waals surface area contributed by atoms with Crippen molar-refractivity contribution in [2.45, 2.75) is 18.7 Å². The van der Waals surface area contributed by atoms with Crippen molar-refractivity contribution in [2.24, 2.45) is 5.73 Å². The number of hydrogen-bond donors (Lipinski definition) is 2. The third-order valence-corrected chi connectivity index (χ3v) is 2.07. The van der Waals surface area contributed by atoms with Crippen LogP contribution >= 0.6 is 0 Å². The van der Waals surface area contributed by atoms with Gasteiger partial charge in [-0.2, -0.15) is 13.2 Å². The van der Waals surface area contributed by atoms with Gasteiger partial charge in [0.2, 0.25) is 0 Å². The molecule has 0 aliphatic carbocycles. The Morgan fingerprint density at radius 1 is 1.25 bits per heavy atom. The molecule has 0 saturated carbocycles. The fourth-order valence-corrected chi connectivity index (χ4v) is 1.29. The highest BCUT2D eigenvalue weighted by atomic mass is 19.4. The second-order valence-electron chi connectivity index (χ2n) is 3.36. The Morgan fingerprint density at radius 3 is 2.38 bits per heavy atom. The molecule has 0 radical (unpaired) electrons. The van der Waals surface area contributed by atoms with Gasteiger partial charge in [-0.1, -0.05) is 0 Å². The van der Waals surface area contributed by atoms with Gasteiger partial charge in [-0.15, -0.1) is 0 Å². The first-order valence-electron chi connectivity index (χ1n) is 4.60. The second kappa shape index (κ2) is 4.80. The summed E-state index contributed by atoms with van der Waals surface area (Å²) in [5.41, 5.74) is 3.93. The van der Waals surface area contributed by atoms with Crippen molar-refractivity contribution in [2.75, 3.05) is 6.54 Å². The first-order valence-corrected chi connectivity index (χ1v) is 4.60. The van der Waals surface area contributed by atoms with E-state index in [0.717, 1.165) is 12.1 Å². The van der Waals surface area contributed by atoms with Gasteiger partial charge in [-0.05, 0) is 36.7 Å². The number of aliphatic hydroxyl groups excluding tert-OH is 1. The van der Waals surface area contributed by atoms with E-state index in [9.17, 15) is 22.7 Å². The highest BCUT2D eigenvalue weighted by molar-refractivity contribution is 5.28. The smallest absolute Gasteiger partial charge is 0.388 e. The lowest BCUT2D eigenvalue weighted by Crippen LogP contribution is -2.10. The monoisotopic (exact) mass is 237 g/mol. The molecule has 3 N–H and O–H groups in total. The van der Waals surface area contributed by atoms with Crippen molar-refractivity contribution >= 4 is 0 Å². The Bertz CT molecular complexity index is 364. The van der Waals surface area contributed by atoms with Crippen LogP contribution in [0.15, 0.2) is 18.2 Å². The van der Waals surface area contributed by atoms with Crippen molar-refractivity contribution in [3.63, 3.8) is 0 Å². The molecule has 1 atom stereocenters. The number of aliphatic hydroxyl groups is 1. The first-order chi connectivity index (χ1) is 7.34. The van der Waals surface area contributed by atoms with Crippen molar-refractivity contribution in [1.29, 1.82) is 0 Å². The highest BCUT2D eigenvalue weighted by Gasteiger charge is 2.31. The molecule has 1 aromatic rings. The Kier molecular flexibility index (Phi) is 3.88. The third-order valence-electron chi connectivity index (χ3n) is 2.07. The highest BCUT2D eigenvalue weighted by Crippen LogP contribution is 2.32. The second-order valence-corrected chi connectivity index (χ2v) is 3.36. The minimum atomic E-state index is -4.63. The minimum absolute atomic E-state index is 0.0841. The van der Waals surface area contributed by atoms with E-state index in [0.29, 0.717) is 6.07 Å². The van der Waals surface area contributed by atoms with Gasteiger partial charge in [0.25, 0.3) is 0 Å². The molecular weight excluding hydrogens is 226 g/mol. The normalized spacial score (nSPS) is 13.9. The van der Waals surface area contributed by atoms with Crippen molar-refractivity contribution < 1.29 is 22.7 Å². The summed E-state index contributed by atoms with van der Waals surface area (Å²) in [4.78, 5) is 0. The van der Waals surface area contributed by atoms with E-state index in [1.54, 1.807) is 0 Å². The largest absolute Gasteiger partial charge is 0.416 e. The third kappa shape index (κ3) is 3.18. The Labute approximate surface area is 89.7 Å². The maximum atomic E-state index is 12.9. The lowest BCUT2D eigenvalue weighted by atomic mass is 10.0. The molecule has 16 heavy (non-hydrogen) atoms. The number of hydrogen-bond acceptors (Lipinski definition) is 2. The Morgan fingerprint density at radius 2 is 1.88 bits per heavy atom. The zero-order chi connectivity index (χ0) is 12.3. The summed E-state index contributed by atoms with van der Waals surface area (Å²) in [6.45, 7) is 0.110. The van der Waals surface area contributed by atoms with E-state index in [4.69, 9.17) is 5.73 Å². The summed E-state index contributed by atoms with van der Waals surface area (Å²) in [7, 11) is 0. The lowest BCUT2D eigenvalue weighted by molar-refractivity contribution is -0.137. The molecule has 0 amide bonds. The van der Waals surface area contributed by atoms with Crippen LogP contribution in [0, 0.1) is 5.82 Å². The topological polar surface area (TPSA) is 46.2 Å². The summed E-state index contributed by atoms with van der Waals surface area (Å²) >= 11 is 0. The maximum absolute atomic E-state index is 12.9. The molecular formula is C10H11F4NO. The molecule has 0 saturated heterocycles. The van der Waals surface area contributed by atoms with Crippen LogP contribution in [-0.2, 0) is 6.18 Å². The van der Waals surface area contributed by atoms with Gasteiger partial charge in [0.15, 0.2) is 0 Å². The van der Waals surface area contributed by atoms with Gasteiger partial charge in [0.1, 0.15) is 5.82 Å². The number of alkyl halides is 3. The molecule has 1 rings (SSSR count). The first kappa shape index (κ1) is 12.9. The van der Waals surface area contributed by atoms with Crippen LogP contribution in [0.25, 0.3) is 0 Å². The maximum Gasteiger partial charge on any atom is 0.416 e. The van der Waals surface area contributed by atoms with Gasteiger partial charge in [-0.25, -0.2) is 4.39 Å². The predicted octanol–water partition coefficient (Wildman–Crippen LogP) is 2.23. The lowest BCUT2D eigenvalue weighted by Gasteiger charge is -2.13. The van der Waals surface area contributed by atoms with Crippen molar-refractivity contribution in [1.82, 2.24) is 0 Å². The Hall–Kier alpha value is -1.14. The average Bonchev–Trinajstić information content (AvgIpc) is 2.16. The molecule has 90 valence electrons. The van der Waals surface area contributed by atoms with Gasteiger partial charge in [0.05, 0.1) is 11.7 Å². The minimum Gasteiger partial charge on any atom is -0.388 e. The summed E-state index contributed by atoms with van der Waals surface area (Å²) in [5.74, 6) is -1.03. The molecule has 0 heterocycles. The quantitative estimate of drug-likeness (QED) is 0.792. The van der Waals surface area contributed by atoms with E-state index >= 15 is 0 Å². The number of halogens is 4. The van der Waals surface area contributed by atoms with E-state index in [2.05, 4.69) is 0 Å². The molecule has 0 aromatic heterocycles. The molecule has 0 aliphatic heterocycles. The number of rotatable bonds is 3. The van der Waals surface area contributed by atoms with E-state index in [-0.39, 0.29) is 18.5 Å². The zero-order valence-electron chi connectivity index (χ0n) is 8.26. The summed E-state index contributed by atoms with van der Waals surface area (Å²) < 4.78 is 49.9. The summed E-state index contributed by atoms with van der Waals surface area (Å²) in [6, 6.07) is 1.98. The molecule has 1 unspecified atom stereocenters. The summed E-state index contributed by atoms with van der Waals surface area (Å²) in [5, 5.41) is 9.42. The van der Waals surface area contributed by atoms with Crippen LogP contribution in [0.1, 0.15) is 23.7 Å². The SMILES string of the molecule is NCCC(O)c1cc(F)cc(C(F)(F)F)c1. The van der Waals surface area contributed by atoms with Crippen molar-refractivity contribution in [3.05, 3.63) is 35.1 Å². The molecule has 0 spiro atoms. The average molecular weight is 237 g/mol. The fraction of sp³-hybridized carbons (Fsp3) is 0.400. The molecule has 0 fully saturated rings. The van der Waals surface area contributed by atoms with Crippen LogP contribution in [0.3, 0.4) is 0 Å². The van der Waals surface area contributed by atoms with Gasteiger partial charge in [0, 0.05) is 0 Å². The van der Waals surface area contributed by atoms with Crippen LogP contribution < -0.4 is 5.73 Å². The molecule has 0 aliphatic rings. The Balaban J connectivity index is 3.08. The van der Waals surface area contributed by atoms with Crippen LogP contribution in [0.4, 0.5) is 17.6 Å². The molecule has 0 bridgehead atoms. The van der Waals surface area contributed by atoms with Crippen LogP contribution in [-0.4, -0.2) is 11.7 Å². The van der Waals surface area contributed by atoms with Crippen molar-refractivity contribution in [3.8, 4) is 0 Å². The van der Waals surface area contributed by atoms with E-state index in [1.807, 2.05) is 0 Å². The van der Waals surface area contributed by atoms with Crippen LogP contribution in [0.2, 0.25) is 0 Å². The van der Waals surface area contributed by atoms with Gasteiger partial charge >= 0.3 is 6.18 Å². The summed E-state index contributed by atoms with van der Waals surface area (Å²) in [6.07, 6.45) is -5.72. The number of benzene rings is 1. The van der Waals surface area contributed by atoms with E-state index < -0.39 is 23.7 Å². The van der Waals surface area contributed by atoms with Gasteiger partial charge in [-0.3, -0.25) is 0 Å². The molecule has 2 nitrogen and oxygen atoms in total. The predicted molar refractivity (Wildman–Crippen MR) is 50.0 cm³/mol.